The van der Waals surface area contributed by atoms with Crippen LogP contribution in [0.3, 0.4) is 0 Å². The second-order valence-electron chi connectivity index (χ2n) is 22.1. The third-order valence-corrected chi connectivity index (χ3v) is 16.0. The van der Waals surface area contributed by atoms with E-state index in [0.29, 0.717) is 0 Å². The quantitative estimate of drug-likeness (QED) is 0.0479. The molecular formula is C49H83N3O35. The van der Waals surface area contributed by atoms with Gasteiger partial charge in [-0.1, -0.05) is 0 Å². The minimum atomic E-state index is -2.39. The number of aliphatic hydroxyl groups excluding tert-OH is 19. The molecule has 0 aromatic carbocycles. The summed E-state index contributed by atoms with van der Waals surface area (Å²) in [5.74, 6) is -2.31. The van der Waals surface area contributed by atoms with Gasteiger partial charge in [0.15, 0.2) is 37.7 Å². The van der Waals surface area contributed by atoms with E-state index in [0.717, 1.165) is 20.8 Å². The molecule has 22 N–H and O–H groups in total. The van der Waals surface area contributed by atoms with Gasteiger partial charge in [-0.2, -0.15) is 0 Å². The van der Waals surface area contributed by atoms with Crippen molar-refractivity contribution in [3.63, 3.8) is 0 Å². The van der Waals surface area contributed by atoms with Gasteiger partial charge in [0.25, 0.3) is 0 Å². The normalized spacial score (nSPS) is 48.9. The molecule has 7 saturated heterocycles. The number of aliphatic hydroxyl groups is 19. The van der Waals surface area contributed by atoms with Crippen molar-refractivity contribution in [3.8, 4) is 0 Å². The van der Waals surface area contributed by atoms with Gasteiger partial charge in [0.1, 0.15) is 165 Å². The molecule has 7 rings (SSSR count). The molecule has 0 radical (unpaired) electrons. The lowest BCUT2D eigenvalue weighted by molar-refractivity contribution is -0.397. The highest BCUT2D eigenvalue weighted by molar-refractivity contribution is 5.74. The largest absolute Gasteiger partial charge is 0.394 e. The zero-order valence-electron chi connectivity index (χ0n) is 47.2. The average Bonchev–Trinajstić information content (AvgIpc) is 1.35. The second-order valence-corrected chi connectivity index (χ2v) is 22.1. The Morgan fingerprint density at radius 1 is 0.310 bits per heavy atom. The predicted octanol–water partition coefficient (Wildman–Crippen LogP) is -14.8. The van der Waals surface area contributed by atoms with E-state index in [-0.39, 0.29) is 0 Å². The van der Waals surface area contributed by atoms with Crippen molar-refractivity contribution in [2.75, 3.05) is 46.2 Å². The molecule has 0 spiro atoms. The number of rotatable bonds is 22. The van der Waals surface area contributed by atoms with Crippen molar-refractivity contribution in [3.05, 3.63) is 0 Å². The van der Waals surface area contributed by atoms with Gasteiger partial charge in [0.05, 0.1) is 58.4 Å². The van der Waals surface area contributed by atoms with Crippen LogP contribution in [0.2, 0.25) is 0 Å². The van der Waals surface area contributed by atoms with E-state index >= 15 is 0 Å². The van der Waals surface area contributed by atoms with Gasteiger partial charge < -0.3 is 175 Å². The van der Waals surface area contributed by atoms with Crippen LogP contribution in [-0.2, 0) is 76.0 Å². The van der Waals surface area contributed by atoms with Crippen molar-refractivity contribution < 1.29 is 173 Å². The highest BCUT2D eigenvalue weighted by Gasteiger charge is 2.59. The van der Waals surface area contributed by atoms with E-state index in [1.165, 1.54) is 6.92 Å². The third-order valence-electron chi connectivity index (χ3n) is 16.0. The summed E-state index contributed by atoms with van der Waals surface area (Å²) in [5, 5.41) is 215. The predicted molar refractivity (Wildman–Crippen MR) is 270 cm³/mol. The molecule has 3 amide bonds. The maximum Gasteiger partial charge on any atom is 0.217 e. The zero-order chi connectivity index (χ0) is 64.2. The molecule has 15 unspecified atom stereocenters. The molecule has 0 saturated carbocycles. The SMILES string of the molecule is CC(=O)NC1[C@H](OC2C(O)[C@H](O)C(CO)O[C@@H]2OC2[C@H](O)C(CO[C@H]3OC(CO)[C@@H](O)[C@H](O)C3O)O[C@@H](O[C@@H]3C(CO)O[C@@H](O[C@@H]4C(CO)O[C@@H](C)[C@@H](NC(C)=O)C4O)[C@@H](NC(C)=O)C3O)[C@@H]2O)OC(CO)[C@@H](O[C@@H]2OC(CO)[C@H](O)[C@H](O)C2O)[C@@H]1O. The molecule has 504 valence electrons. The Bertz CT molecular complexity index is 2180. The number of nitrogens with one attached hydrogen (secondary N) is 3. The molecule has 35 atom stereocenters. The monoisotopic (exact) mass is 1270 g/mol. The maximum atomic E-state index is 12.8. The Kier molecular flexibility index (Phi) is 25.6. The van der Waals surface area contributed by atoms with Crippen LogP contribution in [0.1, 0.15) is 27.7 Å². The molecule has 7 aliphatic heterocycles. The molecule has 7 fully saturated rings. The summed E-state index contributed by atoms with van der Waals surface area (Å²) in [6, 6.07) is -4.73. The van der Waals surface area contributed by atoms with Crippen molar-refractivity contribution in [1.82, 2.24) is 16.0 Å². The van der Waals surface area contributed by atoms with Crippen LogP contribution in [0, 0.1) is 0 Å². The Hall–Kier alpha value is -2.87. The van der Waals surface area contributed by atoms with E-state index in [4.69, 9.17) is 61.6 Å². The van der Waals surface area contributed by atoms with Gasteiger partial charge in [0.2, 0.25) is 17.7 Å². The van der Waals surface area contributed by atoms with Crippen molar-refractivity contribution >= 4 is 17.7 Å². The van der Waals surface area contributed by atoms with Crippen LogP contribution in [0.25, 0.3) is 0 Å². The Morgan fingerprint density at radius 3 is 1.08 bits per heavy atom. The summed E-state index contributed by atoms with van der Waals surface area (Å²) in [6.45, 7) is -2.12. The Morgan fingerprint density at radius 2 is 0.632 bits per heavy atom. The first-order valence-electron chi connectivity index (χ1n) is 27.9. The second kappa shape index (κ2) is 31.2. The number of hydrogen-bond acceptors (Lipinski definition) is 35. The summed E-state index contributed by atoms with van der Waals surface area (Å²) >= 11 is 0. The van der Waals surface area contributed by atoms with E-state index in [1.807, 2.05) is 0 Å². The highest BCUT2D eigenvalue weighted by atomic mass is 16.8. The number of amides is 3. The van der Waals surface area contributed by atoms with Crippen molar-refractivity contribution in [2.45, 2.75) is 242 Å². The third kappa shape index (κ3) is 15.8. The minimum absolute atomic E-state index is 0.582. The number of carbonyl (C=O) groups excluding carboxylic acids is 3. The minimum Gasteiger partial charge on any atom is -0.394 e. The zero-order valence-corrected chi connectivity index (χ0v) is 47.2. The summed E-state index contributed by atoms with van der Waals surface area (Å²) in [5.41, 5.74) is 0. The Balaban J connectivity index is 1.20. The molecule has 38 nitrogen and oxygen atoms in total. The highest BCUT2D eigenvalue weighted by Crippen LogP contribution is 2.38. The maximum absolute atomic E-state index is 12.8. The molecule has 0 aromatic heterocycles. The fourth-order valence-corrected chi connectivity index (χ4v) is 11.3. The average molecular weight is 1270 g/mol. The smallest absolute Gasteiger partial charge is 0.217 e. The lowest BCUT2D eigenvalue weighted by Gasteiger charge is -2.51. The fraction of sp³-hybridized carbons (Fsp3) is 0.939. The summed E-state index contributed by atoms with van der Waals surface area (Å²) in [6.07, 6.45) is -61.2. The van der Waals surface area contributed by atoms with Crippen LogP contribution in [0.15, 0.2) is 0 Å². The van der Waals surface area contributed by atoms with Crippen LogP contribution in [0.4, 0.5) is 0 Å². The van der Waals surface area contributed by atoms with Gasteiger partial charge in [-0.3, -0.25) is 14.4 Å². The summed E-state index contributed by atoms with van der Waals surface area (Å²) in [4.78, 5) is 37.6. The van der Waals surface area contributed by atoms with Crippen LogP contribution in [0.5, 0.6) is 0 Å². The standard InChI is InChI=1S/C49H83N3O35/c1-12-23(50-13(2)59)30(66)39(19(8-56)76-12)83-44-24(51-14(3)60)31(67)41(21(10-58)80-44)85-48-38(74)42(29(65)22(82-48)11-75-46-36(72)33(69)26(62)16(5-53)77-46)86-49-43(35(71)28(64)18(7-55)79-49)87-45-25(52-15(4)61)32(68)40(20(9-57)81-45)84-47-37(73)34(70)27(63)17(6-54)78-47/h12,16-49,53-58,62-74H,5-11H2,1-4H3,(H,50,59)(H,51,60)(H,52,61)/t12-,16?,17?,18?,19?,20?,21?,22?,23+,24-,25?,26+,27-,28+,29+,30?,31?,32+,33-,34-,35?,36?,37?,38+,39+,40+,41+,42?,43?,44-,45-,46-,47-,48-,49+/m0/s1. The molecule has 38 heteroatoms. The van der Waals surface area contributed by atoms with Gasteiger partial charge in [-0.25, -0.2) is 0 Å². The topological polar surface area (TPSA) is 592 Å². The van der Waals surface area contributed by atoms with Gasteiger partial charge in [-0.05, 0) is 6.92 Å². The molecule has 7 aliphatic rings. The molecular weight excluding hydrogens is 1190 g/mol. The van der Waals surface area contributed by atoms with Gasteiger partial charge >= 0.3 is 0 Å². The first-order valence-corrected chi connectivity index (χ1v) is 27.9. The lowest BCUT2D eigenvalue weighted by Crippen LogP contribution is -2.70. The molecule has 0 aliphatic carbocycles. The Labute approximate surface area is 494 Å². The van der Waals surface area contributed by atoms with Crippen LogP contribution in [-0.4, -0.2) is 376 Å². The molecule has 0 aromatic rings. The fourth-order valence-electron chi connectivity index (χ4n) is 11.3. The van der Waals surface area contributed by atoms with E-state index in [9.17, 15) is 111 Å². The van der Waals surface area contributed by atoms with E-state index in [1.54, 1.807) is 0 Å². The lowest BCUT2D eigenvalue weighted by atomic mass is 9.92. The molecule has 87 heavy (non-hydrogen) atoms. The van der Waals surface area contributed by atoms with Crippen LogP contribution < -0.4 is 16.0 Å². The number of carbonyl (C=O) groups is 3. The molecule has 0 bridgehead atoms. The summed E-state index contributed by atoms with van der Waals surface area (Å²) < 4.78 is 76.3. The van der Waals surface area contributed by atoms with Crippen molar-refractivity contribution in [1.29, 1.82) is 0 Å². The number of ether oxygens (including phenoxy) is 13. The summed E-state index contributed by atoms with van der Waals surface area (Å²) in [7, 11) is 0. The van der Waals surface area contributed by atoms with Crippen molar-refractivity contribution in [2.24, 2.45) is 0 Å². The number of hydrogen-bond donors (Lipinski definition) is 22. The first kappa shape index (κ1) is 71.6. The first-order chi connectivity index (χ1) is 41.1. The van der Waals surface area contributed by atoms with Gasteiger partial charge in [-0.15, -0.1) is 0 Å². The van der Waals surface area contributed by atoms with E-state index < -0.39 is 279 Å². The van der Waals surface area contributed by atoms with E-state index in [2.05, 4.69) is 16.0 Å². The molecule has 7 heterocycles. The van der Waals surface area contributed by atoms with Gasteiger partial charge in [0, 0.05) is 20.8 Å². The van der Waals surface area contributed by atoms with Crippen LogP contribution >= 0.6 is 0 Å².